The van der Waals surface area contributed by atoms with Crippen molar-refractivity contribution < 1.29 is 9.53 Å². The summed E-state index contributed by atoms with van der Waals surface area (Å²) in [6.07, 6.45) is 1.83. The van der Waals surface area contributed by atoms with Crippen LogP contribution in [0.25, 0.3) is 0 Å². The molecule has 2 aromatic rings. The van der Waals surface area contributed by atoms with Crippen molar-refractivity contribution in [3.8, 4) is 5.75 Å². The molecule has 1 amide bonds. The standard InChI is InChI=1S/C18H19NO2/c1-21-16-9-7-15(8-10-16)18(11-12-18)17(20)19-13-14-5-3-2-4-6-14/h2-10H,11-13H2,1H3,(H,19,20). The van der Waals surface area contributed by atoms with Gasteiger partial charge in [0.05, 0.1) is 12.5 Å². The highest BCUT2D eigenvalue weighted by molar-refractivity contribution is 5.91. The van der Waals surface area contributed by atoms with Crippen LogP contribution in [0.5, 0.6) is 5.75 Å². The van der Waals surface area contributed by atoms with Gasteiger partial charge in [-0.3, -0.25) is 4.79 Å². The second-order valence-electron chi connectivity index (χ2n) is 5.48. The predicted molar refractivity (Wildman–Crippen MR) is 82.2 cm³/mol. The molecule has 0 unspecified atom stereocenters. The molecule has 0 spiro atoms. The van der Waals surface area contributed by atoms with Crippen LogP contribution >= 0.6 is 0 Å². The number of ether oxygens (including phenoxy) is 1. The monoisotopic (exact) mass is 281 g/mol. The van der Waals surface area contributed by atoms with Crippen molar-refractivity contribution in [2.75, 3.05) is 7.11 Å². The van der Waals surface area contributed by atoms with Gasteiger partial charge in [0.15, 0.2) is 0 Å². The fraction of sp³-hybridized carbons (Fsp3) is 0.278. The molecule has 1 fully saturated rings. The molecule has 1 aliphatic rings. The van der Waals surface area contributed by atoms with Gasteiger partial charge in [-0.05, 0) is 36.1 Å². The van der Waals surface area contributed by atoms with Gasteiger partial charge in [0.2, 0.25) is 5.91 Å². The Hall–Kier alpha value is -2.29. The molecule has 1 aliphatic carbocycles. The van der Waals surface area contributed by atoms with E-state index >= 15 is 0 Å². The van der Waals surface area contributed by atoms with E-state index in [2.05, 4.69) is 5.32 Å². The number of methoxy groups -OCH3 is 1. The lowest BCUT2D eigenvalue weighted by Crippen LogP contribution is -2.34. The zero-order chi connectivity index (χ0) is 14.7. The van der Waals surface area contributed by atoms with Gasteiger partial charge in [0, 0.05) is 6.54 Å². The van der Waals surface area contributed by atoms with Crippen LogP contribution in [0.1, 0.15) is 24.0 Å². The second-order valence-corrected chi connectivity index (χ2v) is 5.48. The topological polar surface area (TPSA) is 38.3 Å². The fourth-order valence-corrected chi connectivity index (χ4v) is 2.63. The number of benzene rings is 2. The molecule has 108 valence electrons. The number of amides is 1. The summed E-state index contributed by atoms with van der Waals surface area (Å²) in [7, 11) is 1.65. The maximum atomic E-state index is 12.5. The first kappa shape index (κ1) is 13.7. The van der Waals surface area contributed by atoms with Gasteiger partial charge in [0.25, 0.3) is 0 Å². The van der Waals surface area contributed by atoms with Crippen LogP contribution in [0.2, 0.25) is 0 Å². The van der Waals surface area contributed by atoms with Gasteiger partial charge in [-0.1, -0.05) is 42.5 Å². The molecule has 0 bridgehead atoms. The van der Waals surface area contributed by atoms with E-state index in [0.717, 1.165) is 29.7 Å². The fourth-order valence-electron chi connectivity index (χ4n) is 2.63. The summed E-state index contributed by atoms with van der Waals surface area (Å²) in [5.41, 5.74) is 1.87. The first-order chi connectivity index (χ1) is 10.2. The first-order valence-electron chi connectivity index (χ1n) is 7.21. The van der Waals surface area contributed by atoms with Gasteiger partial charge >= 0.3 is 0 Å². The summed E-state index contributed by atoms with van der Waals surface area (Å²) in [4.78, 5) is 12.5. The molecule has 0 saturated heterocycles. The number of hydrogen-bond acceptors (Lipinski definition) is 2. The number of rotatable bonds is 5. The lowest BCUT2D eigenvalue weighted by molar-refractivity contribution is -0.123. The summed E-state index contributed by atoms with van der Waals surface area (Å²) in [5.74, 6) is 0.941. The Kier molecular flexibility index (Phi) is 3.65. The summed E-state index contributed by atoms with van der Waals surface area (Å²) >= 11 is 0. The van der Waals surface area contributed by atoms with Crippen LogP contribution in [0.15, 0.2) is 54.6 Å². The van der Waals surface area contributed by atoms with Crippen molar-refractivity contribution in [2.45, 2.75) is 24.8 Å². The second kappa shape index (κ2) is 5.60. The van der Waals surface area contributed by atoms with Crippen LogP contribution in [0.4, 0.5) is 0 Å². The zero-order valence-electron chi connectivity index (χ0n) is 12.1. The van der Waals surface area contributed by atoms with Crippen molar-refractivity contribution in [2.24, 2.45) is 0 Å². The molecule has 0 radical (unpaired) electrons. The first-order valence-corrected chi connectivity index (χ1v) is 7.21. The van der Waals surface area contributed by atoms with E-state index in [4.69, 9.17) is 4.74 Å². The third kappa shape index (κ3) is 2.77. The van der Waals surface area contributed by atoms with Gasteiger partial charge in [-0.15, -0.1) is 0 Å². The SMILES string of the molecule is COc1ccc(C2(C(=O)NCc3ccccc3)CC2)cc1. The molecule has 21 heavy (non-hydrogen) atoms. The minimum Gasteiger partial charge on any atom is -0.497 e. The maximum Gasteiger partial charge on any atom is 0.230 e. The molecule has 3 heteroatoms. The van der Waals surface area contributed by atoms with Crippen molar-refractivity contribution in [1.29, 1.82) is 0 Å². The van der Waals surface area contributed by atoms with Crippen LogP contribution in [-0.4, -0.2) is 13.0 Å². The van der Waals surface area contributed by atoms with Crippen molar-refractivity contribution >= 4 is 5.91 Å². The molecule has 1 saturated carbocycles. The minimum absolute atomic E-state index is 0.122. The van der Waals surface area contributed by atoms with Crippen LogP contribution in [0, 0.1) is 0 Å². The van der Waals surface area contributed by atoms with Crippen molar-refractivity contribution in [3.63, 3.8) is 0 Å². The van der Waals surface area contributed by atoms with Gasteiger partial charge in [-0.25, -0.2) is 0 Å². The molecule has 0 heterocycles. The minimum atomic E-state index is -0.332. The molecule has 2 aromatic carbocycles. The van der Waals surface area contributed by atoms with E-state index in [1.807, 2.05) is 54.6 Å². The number of carbonyl (C=O) groups is 1. The highest BCUT2D eigenvalue weighted by atomic mass is 16.5. The van der Waals surface area contributed by atoms with Crippen molar-refractivity contribution in [1.82, 2.24) is 5.32 Å². The summed E-state index contributed by atoms with van der Waals surface area (Å²) < 4.78 is 5.17. The Balaban J connectivity index is 1.68. The quantitative estimate of drug-likeness (QED) is 0.914. The third-order valence-electron chi connectivity index (χ3n) is 4.12. The van der Waals surface area contributed by atoms with Crippen molar-refractivity contribution in [3.05, 3.63) is 65.7 Å². The summed E-state index contributed by atoms with van der Waals surface area (Å²) in [6, 6.07) is 17.8. The highest BCUT2D eigenvalue weighted by Gasteiger charge is 2.51. The molecular weight excluding hydrogens is 262 g/mol. The van der Waals surface area contributed by atoms with E-state index in [0.29, 0.717) is 6.54 Å². The molecule has 1 N–H and O–H groups in total. The van der Waals surface area contributed by atoms with E-state index in [-0.39, 0.29) is 11.3 Å². The average Bonchev–Trinajstić information content (AvgIpc) is 3.35. The Bertz CT molecular complexity index is 615. The van der Waals surface area contributed by atoms with Gasteiger partial charge in [0.1, 0.15) is 5.75 Å². The Morgan fingerprint density at radius 3 is 2.33 bits per heavy atom. The molecule has 0 atom stereocenters. The van der Waals surface area contributed by atoms with Crippen LogP contribution in [-0.2, 0) is 16.8 Å². The normalized spacial score (nSPS) is 15.3. The smallest absolute Gasteiger partial charge is 0.230 e. The largest absolute Gasteiger partial charge is 0.497 e. The zero-order valence-corrected chi connectivity index (χ0v) is 12.1. The van der Waals surface area contributed by atoms with E-state index < -0.39 is 0 Å². The van der Waals surface area contributed by atoms with Gasteiger partial charge in [-0.2, -0.15) is 0 Å². The Morgan fingerprint density at radius 1 is 1.10 bits per heavy atom. The predicted octanol–water partition coefficient (Wildman–Crippen LogP) is 3.04. The summed E-state index contributed by atoms with van der Waals surface area (Å²) in [6.45, 7) is 0.581. The number of nitrogens with one attached hydrogen (secondary N) is 1. The maximum absolute atomic E-state index is 12.5. The van der Waals surface area contributed by atoms with E-state index in [1.165, 1.54) is 0 Å². The molecule has 0 aromatic heterocycles. The number of carbonyl (C=O) groups excluding carboxylic acids is 1. The van der Waals surface area contributed by atoms with E-state index in [1.54, 1.807) is 7.11 Å². The Morgan fingerprint density at radius 2 is 1.76 bits per heavy atom. The molecule has 3 nitrogen and oxygen atoms in total. The van der Waals surface area contributed by atoms with E-state index in [9.17, 15) is 4.79 Å². The highest BCUT2D eigenvalue weighted by Crippen LogP contribution is 2.48. The van der Waals surface area contributed by atoms with Gasteiger partial charge < -0.3 is 10.1 Å². The number of hydrogen-bond donors (Lipinski definition) is 1. The third-order valence-corrected chi connectivity index (χ3v) is 4.12. The molecule has 0 aliphatic heterocycles. The van der Waals surface area contributed by atoms with Crippen LogP contribution < -0.4 is 10.1 Å². The molecular formula is C18H19NO2. The van der Waals surface area contributed by atoms with Crippen LogP contribution in [0.3, 0.4) is 0 Å². The lowest BCUT2D eigenvalue weighted by Gasteiger charge is -2.16. The lowest BCUT2D eigenvalue weighted by atomic mass is 9.95. The molecule has 3 rings (SSSR count). The Labute approximate surface area is 124 Å². The average molecular weight is 281 g/mol. The summed E-state index contributed by atoms with van der Waals surface area (Å²) in [5, 5.41) is 3.06.